The zero-order valence-corrected chi connectivity index (χ0v) is 16.4. The summed E-state index contributed by atoms with van der Waals surface area (Å²) in [6, 6.07) is 8.23. The third kappa shape index (κ3) is 3.90. The monoisotopic (exact) mass is 386 g/mol. The molecule has 6 heteroatoms. The molecule has 6 nitrogen and oxygen atoms in total. The molecular weight excluding hydrogens is 360 g/mol. The molecule has 0 fully saturated rings. The van der Waals surface area contributed by atoms with E-state index < -0.39 is 11.9 Å². The minimum Gasteiger partial charge on any atom is -0.496 e. The first-order valence-corrected chi connectivity index (χ1v) is 9.25. The maximum Gasteiger partial charge on any atom is 0.195 e. The van der Waals surface area contributed by atoms with Crippen molar-refractivity contribution in [2.45, 2.75) is 51.6 Å². The molecule has 1 heterocycles. The Morgan fingerprint density at radius 3 is 2.61 bits per heavy atom. The van der Waals surface area contributed by atoms with Gasteiger partial charge < -0.3 is 24.8 Å². The number of Topliss-reactive ketones (excluding diaryl/α,β-unsaturated/α-hetero) is 1. The van der Waals surface area contributed by atoms with E-state index in [0.717, 1.165) is 24.2 Å². The molecule has 1 aliphatic rings. The van der Waals surface area contributed by atoms with Crippen molar-refractivity contribution < 1.29 is 29.6 Å². The van der Waals surface area contributed by atoms with E-state index in [-0.39, 0.29) is 24.4 Å². The van der Waals surface area contributed by atoms with Crippen LogP contribution in [0, 0.1) is 0 Å². The number of hydrogen-bond acceptors (Lipinski definition) is 6. The first-order chi connectivity index (χ1) is 13.3. The minimum absolute atomic E-state index is 0.209. The number of carbonyl (C=O) groups is 1. The van der Waals surface area contributed by atoms with Crippen LogP contribution in [0.25, 0.3) is 0 Å². The molecule has 3 N–H and O–H groups in total. The van der Waals surface area contributed by atoms with Crippen LogP contribution in [-0.2, 0) is 19.6 Å². The number of hydrogen-bond donors (Lipinski definition) is 3. The summed E-state index contributed by atoms with van der Waals surface area (Å²) in [4.78, 5) is 12.9. The van der Waals surface area contributed by atoms with Gasteiger partial charge in [-0.15, -0.1) is 0 Å². The molecule has 0 radical (unpaired) electrons. The van der Waals surface area contributed by atoms with E-state index in [2.05, 4.69) is 0 Å². The highest BCUT2D eigenvalue weighted by Gasteiger charge is 2.28. The highest BCUT2D eigenvalue weighted by atomic mass is 16.5. The quantitative estimate of drug-likeness (QED) is 0.661. The lowest BCUT2D eigenvalue weighted by Gasteiger charge is -2.33. The SMILES string of the molecule is COc1cc(C(=O)C(O)c2ccc3c(c2)CCC(C)(C)O3)cc(CO)c1CO. The molecule has 2 aromatic rings. The summed E-state index contributed by atoms with van der Waals surface area (Å²) in [5.41, 5.74) is 2.24. The summed E-state index contributed by atoms with van der Waals surface area (Å²) in [7, 11) is 1.42. The fourth-order valence-corrected chi connectivity index (χ4v) is 3.51. The van der Waals surface area contributed by atoms with Crippen molar-refractivity contribution in [1.29, 1.82) is 0 Å². The molecule has 0 bridgehead atoms. The van der Waals surface area contributed by atoms with Gasteiger partial charge in [-0.1, -0.05) is 6.07 Å². The fraction of sp³-hybridized carbons (Fsp3) is 0.409. The number of fused-ring (bicyclic) bond motifs is 1. The van der Waals surface area contributed by atoms with Crippen LogP contribution in [0.4, 0.5) is 0 Å². The predicted molar refractivity (Wildman–Crippen MR) is 104 cm³/mol. The second-order valence-corrected chi connectivity index (χ2v) is 7.63. The second kappa shape index (κ2) is 7.91. The van der Waals surface area contributed by atoms with Crippen molar-refractivity contribution in [3.63, 3.8) is 0 Å². The van der Waals surface area contributed by atoms with E-state index in [1.165, 1.54) is 19.2 Å². The predicted octanol–water partition coefficient (Wildman–Crippen LogP) is 2.70. The number of ether oxygens (including phenoxy) is 2. The molecule has 2 aromatic carbocycles. The Balaban J connectivity index is 1.91. The van der Waals surface area contributed by atoms with Gasteiger partial charge in [-0.2, -0.15) is 0 Å². The first-order valence-electron chi connectivity index (χ1n) is 9.25. The van der Waals surface area contributed by atoms with Gasteiger partial charge >= 0.3 is 0 Å². The summed E-state index contributed by atoms with van der Waals surface area (Å²) in [6.45, 7) is 3.39. The Hall–Kier alpha value is -2.41. The summed E-state index contributed by atoms with van der Waals surface area (Å²) in [5.74, 6) is 0.566. The molecule has 3 rings (SSSR count). The van der Waals surface area contributed by atoms with E-state index in [4.69, 9.17) is 9.47 Å². The number of ketones is 1. The van der Waals surface area contributed by atoms with Gasteiger partial charge in [0.15, 0.2) is 5.78 Å². The molecule has 0 aromatic heterocycles. The largest absolute Gasteiger partial charge is 0.496 e. The maximum atomic E-state index is 12.9. The van der Waals surface area contributed by atoms with E-state index in [0.29, 0.717) is 22.4 Å². The van der Waals surface area contributed by atoms with E-state index in [1.807, 2.05) is 13.8 Å². The van der Waals surface area contributed by atoms with Crippen molar-refractivity contribution >= 4 is 5.78 Å². The van der Waals surface area contributed by atoms with Crippen LogP contribution < -0.4 is 9.47 Å². The molecule has 0 spiro atoms. The summed E-state index contributed by atoms with van der Waals surface area (Å²) in [6.07, 6.45) is 0.314. The molecule has 0 amide bonds. The lowest BCUT2D eigenvalue weighted by atomic mass is 9.91. The third-order valence-electron chi connectivity index (χ3n) is 5.17. The molecule has 0 saturated carbocycles. The maximum absolute atomic E-state index is 12.9. The zero-order valence-electron chi connectivity index (χ0n) is 16.4. The van der Waals surface area contributed by atoms with Gasteiger partial charge in [0.05, 0.1) is 20.3 Å². The Morgan fingerprint density at radius 1 is 1.21 bits per heavy atom. The van der Waals surface area contributed by atoms with Crippen LogP contribution in [0.15, 0.2) is 30.3 Å². The van der Waals surface area contributed by atoms with Crippen LogP contribution in [0.5, 0.6) is 11.5 Å². The fourth-order valence-electron chi connectivity index (χ4n) is 3.51. The number of carbonyl (C=O) groups excluding carboxylic acids is 1. The Kier molecular flexibility index (Phi) is 5.74. The normalized spacial score (nSPS) is 16.1. The van der Waals surface area contributed by atoms with Gasteiger partial charge in [-0.25, -0.2) is 0 Å². The van der Waals surface area contributed by atoms with E-state index >= 15 is 0 Å². The molecule has 1 aliphatic heterocycles. The van der Waals surface area contributed by atoms with Gasteiger partial charge in [0.25, 0.3) is 0 Å². The van der Waals surface area contributed by atoms with Crippen molar-refractivity contribution in [2.75, 3.05) is 7.11 Å². The number of rotatable bonds is 6. The number of methoxy groups -OCH3 is 1. The number of benzene rings is 2. The Bertz CT molecular complexity index is 862. The lowest BCUT2D eigenvalue weighted by molar-refractivity contribution is 0.0739. The molecular formula is C22H26O6. The number of aryl methyl sites for hydroxylation is 1. The zero-order chi connectivity index (χ0) is 20.5. The average Bonchev–Trinajstić information content (AvgIpc) is 2.70. The molecule has 150 valence electrons. The van der Waals surface area contributed by atoms with E-state index in [9.17, 15) is 20.1 Å². The summed E-state index contributed by atoms with van der Waals surface area (Å²) >= 11 is 0. The van der Waals surface area contributed by atoms with Gasteiger partial charge in [-0.05, 0) is 67.6 Å². The molecule has 1 unspecified atom stereocenters. The smallest absolute Gasteiger partial charge is 0.195 e. The Morgan fingerprint density at radius 2 is 1.96 bits per heavy atom. The van der Waals surface area contributed by atoms with Crippen LogP contribution in [0.2, 0.25) is 0 Å². The van der Waals surface area contributed by atoms with Gasteiger partial charge in [-0.3, -0.25) is 4.79 Å². The Labute approximate surface area is 164 Å². The van der Waals surface area contributed by atoms with Crippen LogP contribution in [-0.4, -0.2) is 33.8 Å². The van der Waals surface area contributed by atoms with Gasteiger partial charge in [0.1, 0.15) is 23.2 Å². The second-order valence-electron chi connectivity index (χ2n) is 7.63. The van der Waals surface area contributed by atoms with Crippen molar-refractivity contribution in [3.05, 3.63) is 58.1 Å². The summed E-state index contributed by atoms with van der Waals surface area (Å²) in [5, 5.41) is 29.7. The number of aliphatic hydroxyl groups excluding tert-OH is 3. The first kappa shape index (κ1) is 20.3. The van der Waals surface area contributed by atoms with Crippen LogP contribution in [0.1, 0.15) is 59.0 Å². The standard InChI is InChI=1S/C22H26O6/c1-22(2)7-6-13-8-14(4-5-18(13)28-22)20(25)21(26)15-9-16(11-23)17(12-24)19(10-15)27-3/h4-5,8-10,20,23-25H,6-7,11-12H2,1-3H3. The molecule has 28 heavy (non-hydrogen) atoms. The van der Waals surface area contributed by atoms with Crippen LogP contribution >= 0.6 is 0 Å². The topological polar surface area (TPSA) is 96.2 Å². The molecule has 0 aliphatic carbocycles. The van der Waals surface area contributed by atoms with E-state index in [1.54, 1.807) is 18.2 Å². The van der Waals surface area contributed by atoms with Crippen molar-refractivity contribution in [1.82, 2.24) is 0 Å². The molecule has 1 atom stereocenters. The van der Waals surface area contributed by atoms with Crippen molar-refractivity contribution in [3.8, 4) is 11.5 Å². The highest BCUT2D eigenvalue weighted by Crippen LogP contribution is 2.35. The summed E-state index contributed by atoms with van der Waals surface area (Å²) < 4.78 is 11.2. The highest BCUT2D eigenvalue weighted by molar-refractivity contribution is 6.00. The molecule has 0 saturated heterocycles. The van der Waals surface area contributed by atoms with Crippen molar-refractivity contribution in [2.24, 2.45) is 0 Å². The van der Waals surface area contributed by atoms with Crippen LogP contribution in [0.3, 0.4) is 0 Å². The lowest BCUT2D eigenvalue weighted by Crippen LogP contribution is -2.32. The van der Waals surface area contributed by atoms with Gasteiger partial charge in [0, 0.05) is 11.1 Å². The minimum atomic E-state index is -1.35. The van der Waals surface area contributed by atoms with Gasteiger partial charge in [0.2, 0.25) is 0 Å². The average molecular weight is 386 g/mol. The number of aliphatic hydroxyl groups is 3. The third-order valence-corrected chi connectivity index (χ3v) is 5.17.